The number of methoxy groups -OCH3 is 2. The Morgan fingerprint density at radius 1 is 1.07 bits per heavy atom. The number of aliphatic hydroxyl groups excluding tert-OH is 1. The van der Waals surface area contributed by atoms with Gasteiger partial charge in [0.2, 0.25) is 0 Å². The van der Waals surface area contributed by atoms with Gasteiger partial charge in [-0.05, 0) is 45.5 Å². The van der Waals surface area contributed by atoms with Crippen molar-refractivity contribution < 1.29 is 14.6 Å². The predicted molar refractivity (Wildman–Crippen MR) is 108 cm³/mol. The van der Waals surface area contributed by atoms with Gasteiger partial charge in [0.05, 0.1) is 14.2 Å². The number of hydrogen-bond acceptors (Lipinski definition) is 6. The molecule has 2 aliphatic rings. The van der Waals surface area contributed by atoms with Crippen molar-refractivity contribution in [2.75, 3.05) is 60.6 Å². The number of rotatable bonds is 7. The van der Waals surface area contributed by atoms with Crippen LogP contribution in [-0.2, 0) is 6.54 Å². The van der Waals surface area contributed by atoms with Crippen molar-refractivity contribution in [2.45, 2.75) is 37.9 Å². The Morgan fingerprint density at radius 2 is 1.85 bits per heavy atom. The second-order valence-corrected chi connectivity index (χ2v) is 7.85. The molecule has 1 atom stereocenters. The zero-order chi connectivity index (χ0) is 19.2. The molecule has 0 spiro atoms. The highest BCUT2D eigenvalue weighted by atomic mass is 16.5. The predicted octanol–water partition coefficient (Wildman–Crippen LogP) is 1.67. The minimum atomic E-state index is 0.257. The normalized spacial score (nSPS) is 23.5. The summed E-state index contributed by atoms with van der Waals surface area (Å²) in [5.74, 6) is 1.70. The molecule has 0 aromatic heterocycles. The Hall–Kier alpha value is -1.34. The lowest BCUT2D eigenvalue weighted by molar-refractivity contribution is 0.00581. The van der Waals surface area contributed by atoms with Gasteiger partial charge in [-0.2, -0.15) is 0 Å². The fourth-order valence-electron chi connectivity index (χ4n) is 4.51. The number of piperazine rings is 1. The molecule has 1 aromatic rings. The standard InChI is InChI=1S/C21H35N3O3/c1-22-9-6-18(7-10-22)24-12-11-23(16-19(24)8-13-25)15-17-4-5-20(26-2)14-21(17)27-3/h4-5,14,18-19,25H,6-13,15-16H2,1-3H3. The number of likely N-dealkylation sites (tertiary alicyclic amines) is 1. The fourth-order valence-corrected chi connectivity index (χ4v) is 4.51. The van der Waals surface area contributed by atoms with Crippen molar-refractivity contribution in [2.24, 2.45) is 0 Å². The average Bonchev–Trinajstić information content (AvgIpc) is 2.69. The van der Waals surface area contributed by atoms with Crippen LogP contribution < -0.4 is 9.47 Å². The molecule has 0 saturated carbocycles. The molecule has 2 fully saturated rings. The summed E-state index contributed by atoms with van der Waals surface area (Å²) in [6.07, 6.45) is 3.33. The fraction of sp³-hybridized carbons (Fsp3) is 0.714. The monoisotopic (exact) mass is 377 g/mol. The number of piperidine rings is 1. The van der Waals surface area contributed by atoms with E-state index in [2.05, 4.69) is 27.8 Å². The molecule has 1 unspecified atom stereocenters. The van der Waals surface area contributed by atoms with Crippen LogP contribution in [0.2, 0.25) is 0 Å². The van der Waals surface area contributed by atoms with Crippen molar-refractivity contribution >= 4 is 0 Å². The Balaban J connectivity index is 1.64. The first-order chi connectivity index (χ1) is 13.1. The molecular formula is C21H35N3O3. The summed E-state index contributed by atoms with van der Waals surface area (Å²) in [5, 5.41) is 9.61. The van der Waals surface area contributed by atoms with Crippen LogP contribution in [0, 0.1) is 0 Å². The van der Waals surface area contributed by atoms with Crippen LogP contribution in [0.5, 0.6) is 11.5 Å². The van der Waals surface area contributed by atoms with E-state index in [1.165, 1.54) is 31.5 Å². The Bertz CT molecular complexity index is 590. The summed E-state index contributed by atoms with van der Waals surface area (Å²) in [4.78, 5) is 7.59. The Morgan fingerprint density at radius 3 is 2.52 bits per heavy atom. The van der Waals surface area contributed by atoms with Crippen LogP contribution in [0.4, 0.5) is 0 Å². The van der Waals surface area contributed by atoms with E-state index >= 15 is 0 Å². The van der Waals surface area contributed by atoms with Gasteiger partial charge in [0.1, 0.15) is 11.5 Å². The molecule has 0 amide bonds. The van der Waals surface area contributed by atoms with E-state index in [0.717, 1.165) is 44.1 Å². The minimum absolute atomic E-state index is 0.257. The van der Waals surface area contributed by atoms with Crippen molar-refractivity contribution in [3.05, 3.63) is 23.8 Å². The highest BCUT2D eigenvalue weighted by molar-refractivity contribution is 5.40. The van der Waals surface area contributed by atoms with Gasteiger partial charge in [0.25, 0.3) is 0 Å². The molecule has 1 aromatic carbocycles. The van der Waals surface area contributed by atoms with Crippen LogP contribution in [0.15, 0.2) is 18.2 Å². The summed E-state index contributed by atoms with van der Waals surface area (Å²) in [5.41, 5.74) is 1.19. The average molecular weight is 378 g/mol. The number of aliphatic hydroxyl groups is 1. The minimum Gasteiger partial charge on any atom is -0.497 e. The van der Waals surface area contributed by atoms with Gasteiger partial charge < -0.3 is 19.5 Å². The maximum absolute atomic E-state index is 9.61. The second kappa shape index (κ2) is 9.73. The highest BCUT2D eigenvalue weighted by Crippen LogP contribution is 2.28. The molecule has 2 aliphatic heterocycles. The van der Waals surface area contributed by atoms with E-state index < -0.39 is 0 Å². The molecule has 1 N–H and O–H groups in total. The van der Waals surface area contributed by atoms with E-state index in [-0.39, 0.29) is 6.61 Å². The van der Waals surface area contributed by atoms with Gasteiger partial charge in [0.15, 0.2) is 0 Å². The molecule has 2 heterocycles. The maximum atomic E-state index is 9.61. The summed E-state index contributed by atoms with van der Waals surface area (Å²) in [6, 6.07) is 7.15. The molecule has 2 saturated heterocycles. The molecular weight excluding hydrogens is 342 g/mol. The first-order valence-corrected chi connectivity index (χ1v) is 10.1. The second-order valence-electron chi connectivity index (χ2n) is 7.85. The van der Waals surface area contributed by atoms with E-state index in [9.17, 15) is 5.11 Å². The van der Waals surface area contributed by atoms with Gasteiger partial charge in [0, 0.05) is 56.5 Å². The topological polar surface area (TPSA) is 48.4 Å². The van der Waals surface area contributed by atoms with Crippen LogP contribution in [0.3, 0.4) is 0 Å². The molecule has 6 heteroatoms. The van der Waals surface area contributed by atoms with Crippen molar-refractivity contribution in [3.63, 3.8) is 0 Å². The van der Waals surface area contributed by atoms with E-state index in [1.807, 2.05) is 12.1 Å². The third-order valence-electron chi connectivity index (χ3n) is 6.12. The lowest BCUT2D eigenvalue weighted by Crippen LogP contribution is -2.58. The van der Waals surface area contributed by atoms with E-state index in [4.69, 9.17) is 9.47 Å². The molecule has 6 nitrogen and oxygen atoms in total. The van der Waals surface area contributed by atoms with Gasteiger partial charge in [-0.3, -0.25) is 9.80 Å². The van der Waals surface area contributed by atoms with Gasteiger partial charge in [-0.15, -0.1) is 0 Å². The largest absolute Gasteiger partial charge is 0.497 e. The first-order valence-electron chi connectivity index (χ1n) is 10.1. The summed E-state index contributed by atoms with van der Waals surface area (Å²) in [6.45, 7) is 6.63. The van der Waals surface area contributed by atoms with Crippen molar-refractivity contribution in [1.29, 1.82) is 0 Å². The van der Waals surface area contributed by atoms with Crippen LogP contribution in [0.1, 0.15) is 24.8 Å². The van der Waals surface area contributed by atoms with Crippen LogP contribution >= 0.6 is 0 Å². The van der Waals surface area contributed by atoms with Crippen molar-refractivity contribution in [1.82, 2.24) is 14.7 Å². The lowest BCUT2D eigenvalue weighted by Gasteiger charge is -2.47. The molecule has 0 bridgehead atoms. The molecule has 0 radical (unpaired) electrons. The van der Waals surface area contributed by atoms with Crippen molar-refractivity contribution in [3.8, 4) is 11.5 Å². The third kappa shape index (κ3) is 5.13. The van der Waals surface area contributed by atoms with Gasteiger partial charge in [-0.25, -0.2) is 0 Å². The lowest BCUT2D eigenvalue weighted by atomic mass is 9.98. The summed E-state index contributed by atoms with van der Waals surface area (Å²) in [7, 11) is 5.60. The zero-order valence-electron chi connectivity index (χ0n) is 17.1. The zero-order valence-corrected chi connectivity index (χ0v) is 17.1. The number of benzene rings is 1. The SMILES string of the molecule is COc1ccc(CN2CCN(C3CCN(C)CC3)C(CCO)C2)c(OC)c1. The smallest absolute Gasteiger partial charge is 0.127 e. The first kappa shape index (κ1) is 20.4. The summed E-state index contributed by atoms with van der Waals surface area (Å²) >= 11 is 0. The maximum Gasteiger partial charge on any atom is 0.127 e. The Labute approximate surface area is 163 Å². The molecule has 0 aliphatic carbocycles. The summed E-state index contributed by atoms with van der Waals surface area (Å²) < 4.78 is 10.9. The van der Waals surface area contributed by atoms with Crippen LogP contribution in [0.25, 0.3) is 0 Å². The molecule has 27 heavy (non-hydrogen) atoms. The van der Waals surface area contributed by atoms with E-state index in [0.29, 0.717) is 12.1 Å². The van der Waals surface area contributed by atoms with Gasteiger partial charge in [-0.1, -0.05) is 6.07 Å². The molecule has 3 rings (SSSR count). The van der Waals surface area contributed by atoms with Crippen LogP contribution in [-0.4, -0.2) is 92.5 Å². The highest BCUT2D eigenvalue weighted by Gasteiger charge is 2.33. The Kier molecular flexibility index (Phi) is 7.35. The molecule has 152 valence electrons. The van der Waals surface area contributed by atoms with Gasteiger partial charge >= 0.3 is 0 Å². The number of nitrogens with zero attached hydrogens (tertiary/aromatic N) is 3. The van der Waals surface area contributed by atoms with E-state index in [1.54, 1.807) is 14.2 Å². The third-order valence-corrected chi connectivity index (χ3v) is 6.12. The quantitative estimate of drug-likeness (QED) is 0.780. The number of hydrogen-bond donors (Lipinski definition) is 1. The number of ether oxygens (including phenoxy) is 2.